The standard InChI is InChI=1S/C23H23F3N8OS.C20H19BrF3N5O/c1-13-9-14(3-6-16(13)21(35)30-15-4-5-15)18-11-28-20-17(27-8-7-23(24,25)26)10-19(32-34(18)20)36-22-31-29-12-33(22)2;1-11-8-12(2-5-14(11)19(30)27-13-3-4-13)16-10-26-18-15(9-17(21)28-29(16)18)25-7-6-20(22,23)24/h3,6,9-12,15,27H,4-5,7-8H2,1-2H3,(H,30,35);2,5,8-10,13,25H,3-4,6-7H2,1H3,(H,27,30). The minimum Gasteiger partial charge on any atom is -0.382 e. The lowest BCUT2D eigenvalue weighted by atomic mass is 10.0. The minimum atomic E-state index is -4.28. The fourth-order valence-electron chi connectivity index (χ4n) is 6.86. The number of aromatic nitrogens is 9. The van der Waals surface area contributed by atoms with E-state index in [9.17, 15) is 35.9 Å². The number of anilines is 2. The average Bonchev–Trinajstić information content (AvgIpc) is 4.11. The second-order valence-electron chi connectivity index (χ2n) is 16.0. The number of hydrogen-bond donors (Lipinski definition) is 4. The highest BCUT2D eigenvalue weighted by molar-refractivity contribution is 9.10. The van der Waals surface area contributed by atoms with Gasteiger partial charge >= 0.3 is 12.4 Å². The lowest BCUT2D eigenvalue weighted by molar-refractivity contribution is -0.132. The van der Waals surface area contributed by atoms with Crippen LogP contribution in [0.3, 0.4) is 0 Å². The predicted molar refractivity (Wildman–Crippen MR) is 238 cm³/mol. The molecule has 0 unspecified atom stereocenters. The molecular weight excluding hydrogens is 957 g/mol. The van der Waals surface area contributed by atoms with Gasteiger partial charge in [0, 0.05) is 54.5 Å². The summed E-state index contributed by atoms with van der Waals surface area (Å²) >= 11 is 4.54. The maximum atomic E-state index is 12.8. The number of amides is 2. The van der Waals surface area contributed by atoms with E-state index >= 15 is 0 Å². The van der Waals surface area contributed by atoms with Crippen LogP contribution in [0.15, 0.2) is 82.0 Å². The Morgan fingerprint density at radius 1 is 0.727 bits per heavy atom. The molecule has 0 bridgehead atoms. The molecule has 346 valence electrons. The second-order valence-corrected chi connectivity index (χ2v) is 17.8. The number of rotatable bonds is 14. The van der Waals surface area contributed by atoms with E-state index in [1.807, 2.05) is 38.1 Å². The van der Waals surface area contributed by atoms with Gasteiger partial charge in [-0.25, -0.2) is 19.0 Å². The number of carbonyl (C=O) groups is 2. The quantitative estimate of drug-likeness (QED) is 0.0767. The highest BCUT2D eigenvalue weighted by atomic mass is 79.9. The van der Waals surface area contributed by atoms with Crippen molar-refractivity contribution < 1.29 is 35.9 Å². The number of alkyl halides is 6. The summed E-state index contributed by atoms with van der Waals surface area (Å²) in [5.41, 5.74) is 7.39. The molecule has 2 fully saturated rings. The summed E-state index contributed by atoms with van der Waals surface area (Å²) in [6, 6.07) is 14.7. The summed E-state index contributed by atoms with van der Waals surface area (Å²) in [7, 11) is 1.79. The van der Waals surface area contributed by atoms with Crippen molar-refractivity contribution in [1.29, 1.82) is 0 Å². The van der Waals surface area contributed by atoms with Crippen LogP contribution in [0, 0.1) is 13.8 Å². The van der Waals surface area contributed by atoms with E-state index < -0.39 is 25.2 Å². The Kier molecular flexibility index (Phi) is 13.3. The predicted octanol–water partition coefficient (Wildman–Crippen LogP) is 8.96. The van der Waals surface area contributed by atoms with Crippen molar-refractivity contribution in [2.45, 2.75) is 87.0 Å². The largest absolute Gasteiger partial charge is 0.390 e. The number of imidazole rings is 2. The van der Waals surface area contributed by atoms with Crippen molar-refractivity contribution in [2.24, 2.45) is 7.05 Å². The number of halogens is 7. The van der Waals surface area contributed by atoms with Crippen molar-refractivity contribution in [3.8, 4) is 22.5 Å². The Hall–Kier alpha value is -6.23. The number of hydrogen-bond acceptors (Lipinski definition) is 11. The number of aryl methyl sites for hydroxylation is 3. The Morgan fingerprint density at radius 2 is 1.21 bits per heavy atom. The molecule has 0 atom stereocenters. The molecule has 0 saturated heterocycles. The first-order chi connectivity index (χ1) is 31.4. The van der Waals surface area contributed by atoms with Gasteiger partial charge in [-0.05, 0) is 115 Å². The van der Waals surface area contributed by atoms with E-state index in [4.69, 9.17) is 0 Å². The van der Waals surface area contributed by atoms with E-state index in [-0.39, 0.29) is 37.0 Å². The average molecular weight is 999 g/mol. The van der Waals surface area contributed by atoms with Gasteiger partial charge in [-0.2, -0.15) is 36.5 Å². The van der Waals surface area contributed by atoms with Crippen molar-refractivity contribution in [1.82, 2.24) is 54.6 Å². The number of carbonyl (C=O) groups excluding carboxylic acids is 2. The topological polar surface area (TPSA) is 173 Å². The Bertz CT molecular complexity index is 2930. The van der Waals surface area contributed by atoms with Crippen LogP contribution < -0.4 is 21.3 Å². The van der Waals surface area contributed by atoms with Crippen molar-refractivity contribution in [3.63, 3.8) is 0 Å². The zero-order chi connectivity index (χ0) is 46.9. The van der Waals surface area contributed by atoms with Crippen molar-refractivity contribution >= 4 is 62.2 Å². The molecule has 0 radical (unpaired) electrons. The number of nitrogens with zero attached hydrogens (tertiary/aromatic N) is 9. The van der Waals surface area contributed by atoms with Crippen LogP contribution in [0.2, 0.25) is 0 Å². The first-order valence-corrected chi connectivity index (χ1v) is 22.4. The molecule has 66 heavy (non-hydrogen) atoms. The first kappa shape index (κ1) is 46.3. The highest BCUT2D eigenvalue weighted by Gasteiger charge is 2.29. The van der Waals surface area contributed by atoms with Crippen molar-refractivity contribution in [3.05, 3.63) is 94.1 Å². The molecule has 5 heterocycles. The van der Waals surface area contributed by atoms with Crippen LogP contribution in [0.25, 0.3) is 33.8 Å². The third-order valence-corrected chi connectivity index (χ3v) is 11.9. The van der Waals surface area contributed by atoms with Crippen LogP contribution in [-0.2, 0) is 7.05 Å². The van der Waals surface area contributed by atoms with Crippen LogP contribution in [0.1, 0.15) is 70.4 Å². The zero-order valence-corrected chi connectivity index (χ0v) is 38.0. The normalized spacial score (nSPS) is 14.0. The minimum absolute atomic E-state index is 0.0864. The molecule has 7 aromatic rings. The molecule has 2 aromatic carbocycles. The third-order valence-electron chi connectivity index (χ3n) is 10.6. The third kappa shape index (κ3) is 11.4. The van der Waals surface area contributed by atoms with Gasteiger partial charge in [-0.15, -0.1) is 10.2 Å². The zero-order valence-electron chi connectivity index (χ0n) is 35.6. The highest BCUT2D eigenvalue weighted by Crippen LogP contribution is 2.33. The molecule has 23 heteroatoms. The Morgan fingerprint density at radius 3 is 1.65 bits per heavy atom. The van der Waals surface area contributed by atoms with Crippen LogP contribution >= 0.6 is 27.7 Å². The molecule has 15 nitrogen and oxygen atoms in total. The molecule has 2 saturated carbocycles. The lowest BCUT2D eigenvalue weighted by Gasteiger charge is -2.12. The van der Waals surface area contributed by atoms with E-state index in [2.05, 4.69) is 67.6 Å². The van der Waals surface area contributed by atoms with Gasteiger partial charge in [0.25, 0.3) is 11.8 Å². The molecule has 9 rings (SSSR count). The van der Waals surface area contributed by atoms with Crippen molar-refractivity contribution in [2.75, 3.05) is 23.7 Å². The molecule has 4 N–H and O–H groups in total. The summed E-state index contributed by atoms with van der Waals surface area (Å²) in [6.07, 6.45) is -1.62. The smallest absolute Gasteiger partial charge is 0.382 e. The molecule has 0 aliphatic heterocycles. The molecule has 2 aliphatic rings. The van der Waals surface area contributed by atoms with Crippen LogP contribution in [-0.4, -0.2) is 93.3 Å². The molecule has 5 aromatic heterocycles. The lowest BCUT2D eigenvalue weighted by Crippen LogP contribution is -2.26. The van der Waals surface area contributed by atoms with Gasteiger partial charge in [-0.3, -0.25) is 9.59 Å². The fraction of sp³-hybridized carbons (Fsp3) is 0.349. The Labute approximate surface area is 385 Å². The van der Waals surface area contributed by atoms with Gasteiger partial charge in [0.2, 0.25) is 0 Å². The second kappa shape index (κ2) is 18.9. The van der Waals surface area contributed by atoms with E-state index in [1.165, 1.54) is 11.8 Å². The molecule has 0 spiro atoms. The van der Waals surface area contributed by atoms with Crippen LogP contribution in [0.4, 0.5) is 37.7 Å². The van der Waals surface area contributed by atoms with E-state index in [0.717, 1.165) is 47.9 Å². The van der Waals surface area contributed by atoms with Gasteiger partial charge in [-0.1, -0.05) is 12.1 Å². The van der Waals surface area contributed by atoms with Crippen LogP contribution in [0.5, 0.6) is 0 Å². The summed E-state index contributed by atoms with van der Waals surface area (Å²) in [5.74, 6) is -0.187. The molecular formula is C43H42BrF6N13O2S. The van der Waals surface area contributed by atoms with Gasteiger partial charge in [0.05, 0.1) is 48.0 Å². The molecule has 2 amide bonds. The van der Waals surface area contributed by atoms with E-state index in [0.29, 0.717) is 60.0 Å². The maximum absolute atomic E-state index is 12.8. The van der Waals surface area contributed by atoms with Gasteiger partial charge in [0.15, 0.2) is 16.5 Å². The summed E-state index contributed by atoms with van der Waals surface area (Å²) in [4.78, 5) is 33.6. The van der Waals surface area contributed by atoms with Gasteiger partial charge in [0.1, 0.15) is 16.0 Å². The Balaban J connectivity index is 0.000000182. The summed E-state index contributed by atoms with van der Waals surface area (Å²) < 4.78 is 81.0. The maximum Gasteiger partial charge on any atom is 0.390 e. The number of fused-ring (bicyclic) bond motifs is 2. The number of nitrogens with one attached hydrogen (secondary N) is 4. The number of benzene rings is 2. The SMILES string of the molecule is Cc1cc(-c2cnc3c(NCCC(F)(F)F)cc(Br)nn23)ccc1C(=O)NC1CC1.Cc1cc(-c2cnc3c(NCCC(F)(F)F)cc(Sc4nncn4C)nn23)ccc1C(=O)NC1CC1. The first-order valence-electron chi connectivity index (χ1n) is 20.8. The molecule has 2 aliphatic carbocycles. The fourth-order valence-corrected chi connectivity index (χ4v) is 8.01. The summed E-state index contributed by atoms with van der Waals surface area (Å²) in [5, 5.41) is 29.7. The van der Waals surface area contributed by atoms with E-state index in [1.54, 1.807) is 63.6 Å². The monoisotopic (exact) mass is 997 g/mol. The van der Waals surface area contributed by atoms with Gasteiger partial charge < -0.3 is 25.8 Å². The summed E-state index contributed by atoms with van der Waals surface area (Å²) in [6.45, 7) is 3.16.